The molecule has 3 aliphatic rings. The summed E-state index contributed by atoms with van der Waals surface area (Å²) >= 11 is 0. The first-order valence-corrected chi connectivity index (χ1v) is 13.4. The van der Waals surface area contributed by atoms with Crippen molar-refractivity contribution in [1.29, 1.82) is 0 Å². The lowest BCUT2D eigenvalue weighted by atomic mass is 9.76. The molecule has 0 aliphatic carbocycles. The average molecular weight is 503 g/mol. The fourth-order valence-electron chi connectivity index (χ4n) is 6.34. The zero-order valence-electron chi connectivity index (χ0n) is 21.7. The molecule has 4 aromatic rings. The molecule has 190 valence electrons. The van der Waals surface area contributed by atoms with Crippen LogP contribution in [0.5, 0.6) is 11.5 Å². The molecule has 7 rings (SSSR count). The lowest BCUT2D eigenvalue weighted by Gasteiger charge is -2.42. The lowest BCUT2D eigenvalue weighted by Crippen LogP contribution is -2.39. The van der Waals surface area contributed by atoms with Gasteiger partial charge in [0.25, 0.3) is 0 Å². The van der Waals surface area contributed by atoms with Gasteiger partial charge in [0, 0.05) is 41.3 Å². The summed E-state index contributed by atoms with van der Waals surface area (Å²) in [7, 11) is 0. The number of esters is 1. The van der Waals surface area contributed by atoms with Crippen LogP contribution in [0.15, 0.2) is 84.9 Å². The topological polar surface area (TPSA) is 50.8 Å². The summed E-state index contributed by atoms with van der Waals surface area (Å²) in [4.78, 5) is 15.9. The van der Waals surface area contributed by atoms with Crippen LogP contribution >= 0.6 is 0 Å². The molecule has 1 spiro atoms. The Morgan fingerprint density at radius 3 is 2.58 bits per heavy atom. The van der Waals surface area contributed by atoms with Gasteiger partial charge >= 0.3 is 5.97 Å². The highest BCUT2D eigenvalue weighted by Crippen LogP contribution is 2.59. The smallest absolute Gasteiger partial charge is 0.340 e. The van der Waals surface area contributed by atoms with E-state index >= 15 is 0 Å². The highest BCUT2D eigenvalue weighted by Gasteiger charge is 2.55. The highest BCUT2D eigenvalue weighted by atomic mass is 16.6. The molecule has 0 radical (unpaired) electrons. The summed E-state index contributed by atoms with van der Waals surface area (Å²) in [5.74, 6) is 1.73. The van der Waals surface area contributed by atoms with E-state index in [1.54, 1.807) is 0 Å². The molecule has 0 saturated carbocycles. The molecule has 38 heavy (non-hydrogen) atoms. The van der Waals surface area contributed by atoms with E-state index in [1.807, 2.05) is 66.7 Å². The molecule has 0 aromatic heterocycles. The van der Waals surface area contributed by atoms with Gasteiger partial charge in [0.2, 0.25) is 0 Å². The summed E-state index contributed by atoms with van der Waals surface area (Å²) < 4.78 is 13.2. The van der Waals surface area contributed by atoms with Crippen molar-refractivity contribution in [2.75, 3.05) is 23.3 Å². The first kappa shape index (κ1) is 22.9. The van der Waals surface area contributed by atoms with Crippen LogP contribution in [0.3, 0.4) is 0 Å². The molecule has 5 heteroatoms. The summed E-state index contributed by atoms with van der Waals surface area (Å²) in [6.07, 6.45) is 2.36. The van der Waals surface area contributed by atoms with Crippen LogP contribution in [0, 0.1) is 12.8 Å². The Labute approximate surface area is 223 Å². The van der Waals surface area contributed by atoms with Crippen molar-refractivity contribution in [3.8, 4) is 11.5 Å². The van der Waals surface area contributed by atoms with Crippen LogP contribution in [0.4, 0.5) is 17.1 Å². The molecule has 1 fully saturated rings. The molecule has 4 aromatic carbocycles. The van der Waals surface area contributed by atoms with E-state index in [9.17, 15) is 4.79 Å². The predicted octanol–water partition coefficient (Wildman–Crippen LogP) is 7.54. The number of carbonyl (C=O) groups is 1. The van der Waals surface area contributed by atoms with Crippen molar-refractivity contribution < 1.29 is 14.3 Å². The van der Waals surface area contributed by atoms with Crippen LogP contribution in [-0.2, 0) is 10.3 Å². The third-order valence-electron chi connectivity index (χ3n) is 8.10. The molecule has 1 N–H and O–H groups in total. The number of carbonyl (C=O) groups excluding carboxylic acids is 1. The van der Waals surface area contributed by atoms with Gasteiger partial charge in [0.1, 0.15) is 11.5 Å². The van der Waals surface area contributed by atoms with E-state index in [2.05, 4.69) is 42.3 Å². The van der Waals surface area contributed by atoms with Gasteiger partial charge in [-0.1, -0.05) is 49.4 Å². The van der Waals surface area contributed by atoms with E-state index in [0.717, 1.165) is 64.6 Å². The number of aryl methyl sites for hydroxylation is 1. The van der Waals surface area contributed by atoms with Crippen molar-refractivity contribution in [2.45, 2.75) is 32.3 Å². The first-order chi connectivity index (χ1) is 18.5. The number of nitrogens with one attached hydrogen (secondary N) is 1. The van der Waals surface area contributed by atoms with E-state index in [1.165, 1.54) is 6.42 Å². The number of rotatable bonds is 3. The fraction of sp³-hybridized carbons (Fsp3) is 0.242. The van der Waals surface area contributed by atoms with Crippen LogP contribution in [0.2, 0.25) is 0 Å². The molecule has 2 unspecified atom stereocenters. The minimum Gasteiger partial charge on any atom is -0.456 e. The maximum absolute atomic E-state index is 13.4. The van der Waals surface area contributed by atoms with Crippen molar-refractivity contribution in [3.05, 3.63) is 113 Å². The SMILES string of the molecule is Cc1cc2c(cc1Nc1ccccc1)C1(OC(=O)c3ccccc31)c1c(cccc1N1CCCC(C)C1)O2. The zero-order chi connectivity index (χ0) is 25.9. The molecule has 3 heterocycles. The Balaban J connectivity index is 1.49. The van der Waals surface area contributed by atoms with E-state index < -0.39 is 5.60 Å². The summed E-state index contributed by atoms with van der Waals surface area (Å²) in [6.45, 7) is 6.30. The van der Waals surface area contributed by atoms with Crippen molar-refractivity contribution >= 4 is 23.0 Å². The second-order valence-electron chi connectivity index (χ2n) is 10.7. The third kappa shape index (κ3) is 3.42. The summed E-state index contributed by atoms with van der Waals surface area (Å²) in [5.41, 5.74) is 6.18. The molecular formula is C33H30N2O3. The number of hydrogen-bond donors (Lipinski definition) is 1. The number of para-hydroxylation sites is 1. The van der Waals surface area contributed by atoms with Crippen molar-refractivity contribution in [3.63, 3.8) is 0 Å². The van der Waals surface area contributed by atoms with Gasteiger partial charge < -0.3 is 19.7 Å². The van der Waals surface area contributed by atoms with Gasteiger partial charge in [-0.15, -0.1) is 0 Å². The molecule has 2 atom stereocenters. The number of benzene rings is 4. The van der Waals surface area contributed by atoms with Crippen LogP contribution in [0.1, 0.15) is 52.4 Å². The number of piperidine rings is 1. The van der Waals surface area contributed by atoms with Gasteiger partial charge in [0.05, 0.1) is 11.1 Å². The Bertz CT molecular complexity index is 1560. The van der Waals surface area contributed by atoms with E-state index in [-0.39, 0.29) is 5.97 Å². The average Bonchev–Trinajstić information content (AvgIpc) is 3.22. The second kappa shape index (κ2) is 8.66. The number of hydrogen-bond acceptors (Lipinski definition) is 5. The zero-order valence-corrected chi connectivity index (χ0v) is 21.7. The van der Waals surface area contributed by atoms with Gasteiger partial charge in [-0.25, -0.2) is 4.79 Å². The highest BCUT2D eigenvalue weighted by molar-refractivity contribution is 5.98. The predicted molar refractivity (Wildman–Crippen MR) is 150 cm³/mol. The Morgan fingerprint density at radius 2 is 1.74 bits per heavy atom. The van der Waals surface area contributed by atoms with Crippen LogP contribution in [0.25, 0.3) is 0 Å². The molecule has 1 saturated heterocycles. The maximum atomic E-state index is 13.4. The molecule has 5 nitrogen and oxygen atoms in total. The standard InChI is InChI=1S/C33H30N2O3/c1-21-10-9-17-35(20-21)28-15-8-16-29-31(28)33(25-14-7-6-13-24(25)32(36)38-33)26-19-27(22(2)18-30(26)37-29)34-23-11-4-3-5-12-23/h3-8,11-16,18-19,21,34H,9-10,17,20H2,1-2H3. The van der Waals surface area contributed by atoms with Gasteiger partial charge in [-0.3, -0.25) is 0 Å². The fourth-order valence-corrected chi connectivity index (χ4v) is 6.34. The molecule has 0 bridgehead atoms. The monoisotopic (exact) mass is 502 g/mol. The van der Waals surface area contributed by atoms with Crippen molar-refractivity contribution in [1.82, 2.24) is 0 Å². The maximum Gasteiger partial charge on any atom is 0.340 e. The van der Waals surface area contributed by atoms with Crippen LogP contribution < -0.4 is 15.0 Å². The number of ether oxygens (including phenoxy) is 2. The molecule has 3 aliphatic heterocycles. The normalized spacial score (nSPS) is 21.3. The van der Waals surface area contributed by atoms with Gasteiger partial charge in [-0.2, -0.15) is 0 Å². The minimum absolute atomic E-state index is 0.306. The van der Waals surface area contributed by atoms with Crippen molar-refractivity contribution in [2.24, 2.45) is 5.92 Å². The minimum atomic E-state index is -1.10. The van der Waals surface area contributed by atoms with Gasteiger partial charge in [-0.05, 0) is 73.7 Å². The largest absolute Gasteiger partial charge is 0.456 e. The summed E-state index contributed by atoms with van der Waals surface area (Å²) in [6, 6.07) is 28.2. The molecule has 0 amide bonds. The van der Waals surface area contributed by atoms with Gasteiger partial charge in [0.15, 0.2) is 5.60 Å². The number of anilines is 3. The number of nitrogens with zero attached hydrogens (tertiary/aromatic N) is 1. The first-order valence-electron chi connectivity index (χ1n) is 13.4. The molecular weight excluding hydrogens is 472 g/mol. The Morgan fingerprint density at radius 1 is 0.921 bits per heavy atom. The lowest BCUT2D eigenvalue weighted by molar-refractivity contribution is 0.0226. The Hall–Kier alpha value is -4.25. The van der Waals surface area contributed by atoms with E-state index in [4.69, 9.17) is 9.47 Å². The van der Waals surface area contributed by atoms with Crippen LogP contribution in [-0.4, -0.2) is 19.1 Å². The Kier molecular flexibility index (Phi) is 5.22. The van der Waals surface area contributed by atoms with E-state index in [0.29, 0.717) is 17.2 Å². The number of fused-ring (bicyclic) bond motifs is 6. The third-order valence-corrected chi connectivity index (χ3v) is 8.10. The summed E-state index contributed by atoms with van der Waals surface area (Å²) in [5, 5.41) is 3.57. The quantitative estimate of drug-likeness (QED) is 0.293. The second-order valence-corrected chi connectivity index (χ2v) is 10.7.